The number of thioether (sulfide) groups is 1. The molecule has 5 heteroatoms. The molecule has 1 fully saturated rings. The fraction of sp³-hybridized carbons (Fsp3) is 0.455. The lowest BCUT2D eigenvalue weighted by Crippen LogP contribution is -2.25. The van der Waals surface area contributed by atoms with Gasteiger partial charge in [-0.1, -0.05) is 18.3 Å². The van der Waals surface area contributed by atoms with E-state index in [1.165, 1.54) is 24.3 Å². The van der Waals surface area contributed by atoms with E-state index in [-0.39, 0.29) is 0 Å². The van der Waals surface area contributed by atoms with Gasteiger partial charge in [0.05, 0.1) is 5.69 Å². The van der Waals surface area contributed by atoms with Gasteiger partial charge in [-0.3, -0.25) is 0 Å². The molecule has 3 N–H and O–H groups in total. The fourth-order valence-electron chi connectivity index (χ4n) is 1.70. The second kappa shape index (κ2) is 5.50. The van der Waals surface area contributed by atoms with Gasteiger partial charge in [0.15, 0.2) is 0 Å². The summed E-state index contributed by atoms with van der Waals surface area (Å²) < 4.78 is 0. The average molecular weight is 253 g/mol. The number of pyridine rings is 1. The van der Waals surface area contributed by atoms with Crippen molar-refractivity contribution in [1.82, 2.24) is 4.98 Å². The van der Waals surface area contributed by atoms with Gasteiger partial charge in [-0.25, -0.2) is 4.98 Å². The zero-order chi connectivity index (χ0) is 11.4. The Balaban J connectivity index is 2.02. The smallest absolute Gasteiger partial charge is 0.126 e. The van der Waals surface area contributed by atoms with Crippen LogP contribution in [0.4, 0.5) is 5.82 Å². The van der Waals surface area contributed by atoms with Gasteiger partial charge in [0, 0.05) is 6.04 Å². The van der Waals surface area contributed by atoms with E-state index in [4.69, 9.17) is 18.0 Å². The number of nitrogens with two attached hydrogens (primary N) is 1. The van der Waals surface area contributed by atoms with E-state index in [1.807, 2.05) is 30.0 Å². The summed E-state index contributed by atoms with van der Waals surface area (Å²) in [5, 5.41) is 3.44. The Morgan fingerprint density at radius 3 is 2.88 bits per heavy atom. The summed E-state index contributed by atoms with van der Waals surface area (Å²) >= 11 is 6.93. The van der Waals surface area contributed by atoms with Crippen LogP contribution >= 0.6 is 24.0 Å². The van der Waals surface area contributed by atoms with Crippen molar-refractivity contribution in [1.29, 1.82) is 0 Å². The summed E-state index contributed by atoms with van der Waals surface area (Å²) in [4.78, 5) is 4.73. The van der Waals surface area contributed by atoms with Crippen LogP contribution in [0.3, 0.4) is 0 Å². The molecule has 1 saturated heterocycles. The molecule has 0 aromatic carbocycles. The molecule has 0 aliphatic carbocycles. The minimum Gasteiger partial charge on any atom is -0.388 e. The highest BCUT2D eigenvalue weighted by Gasteiger charge is 2.13. The molecular weight excluding hydrogens is 238 g/mol. The van der Waals surface area contributed by atoms with E-state index >= 15 is 0 Å². The number of anilines is 1. The van der Waals surface area contributed by atoms with Crippen LogP contribution in [-0.2, 0) is 0 Å². The third kappa shape index (κ3) is 3.09. The average Bonchev–Trinajstić information content (AvgIpc) is 2.30. The molecule has 0 bridgehead atoms. The highest BCUT2D eigenvalue weighted by atomic mass is 32.2. The van der Waals surface area contributed by atoms with Crippen molar-refractivity contribution in [3.05, 3.63) is 23.9 Å². The summed E-state index contributed by atoms with van der Waals surface area (Å²) in [5.41, 5.74) is 6.24. The van der Waals surface area contributed by atoms with Gasteiger partial charge < -0.3 is 11.1 Å². The third-order valence-electron chi connectivity index (χ3n) is 2.57. The number of hydrogen-bond acceptors (Lipinski definition) is 4. The van der Waals surface area contributed by atoms with E-state index in [9.17, 15) is 0 Å². The molecule has 3 nitrogen and oxygen atoms in total. The maximum absolute atomic E-state index is 5.55. The Morgan fingerprint density at radius 2 is 2.19 bits per heavy atom. The maximum atomic E-state index is 5.55. The number of hydrogen-bond donors (Lipinski definition) is 2. The first kappa shape index (κ1) is 11.7. The predicted octanol–water partition coefficient (Wildman–Crippen LogP) is 2.02. The molecule has 0 spiro atoms. The van der Waals surface area contributed by atoms with Crippen LogP contribution < -0.4 is 11.1 Å². The molecule has 2 rings (SSSR count). The van der Waals surface area contributed by atoms with Crippen LogP contribution in [0.1, 0.15) is 18.5 Å². The zero-order valence-electron chi connectivity index (χ0n) is 8.98. The standard InChI is InChI=1S/C11H15N3S2/c12-11(15)9-2-1-3-10(14-9)13-8-4-6-16-7-5-8/h1-3,8H,4-7H2,(H2,12,15)(H,13,14). The third-order valence-corrected chi connectivity index (χ3v) is 3.83. The highest BCUT2D eigenvalue weighted by Crippen LogP contribution is 2.20. The van der Waals surface area contributed by atoms with Crippen molar-refractivity contribution >= 4 is 34.8 Å². The number of nitrogens with one attached hydrogen (secondary N) is 1. The molecule has 0 atom stereocenters. The fourth-order valence-corrected chi connectivity index (χ4v) is 2.92. The van der Waals surface area contributed by atoms with Gasteiger partial charge in [0.1, 0.15) is 10.8 Å². The molecule has 1 aromatic rings. The molecule has 1 aromatic heterocycles. The molecule has 0 saturated carbocycles. The summed E-state index contributed by atoms with van der Waals surface area (Å²) in [5.74, 6) is 3.33. The molecule has 16 heavy (non-hydrogen) atoms. The van der Waals surface area contributed by atoms with Gasteiger partial charge in [-0.2, -0.15) is 11.8 Å². The van der Waals surface area contributed by atoms with E-state index in [0.29, 0.717) is 16.7 Å². The monoisotopic (exact) mass is 253 g/mol. The van der Waals surface area contributed by atoms with E-state index < -0.39 is 0 Å². The highest BCUT2D eigenvalue weighted by molar-refractivity contribution is 7.99. The topological polar surface area (TPSA) is 50.9 Å². The van der Waals surface area contributed by atoms with Gasteiger partial charge in [-0.05, 0) is 36.5 Å². The van der Waals surface area contributed by atoms with Crippen molar-refractivity contribution in [3.8, 4) is 0 Å². The molecule has 0 radical (unpaired) electrons. The maximum Gasteiger partial charge on any atom is 0.126 e. The second-order valence-corrected chi connectivity index (χ2v) is 5.47. The summed E-state index contributed by atoms with van der Waals surface area (Å²) in [6, 6.07) is 6.27. The Morgan fingerprint density at radius 1 is 1.44 bits per heavy atom. The Labute approximate surface area is 105 Å². The minimum absolute atomic E-state index is 0.350. The number of rotatable bonds is 3. The number of nitrogens with zero attached hydrogens (tertiary/aromatic N) is 1. The van der Waals surface area contributed by atoms with Gasteiger partial charge in [-0.15, -0.1) is 0 Å². The first-order valence-corrected chi connectivity index (χ1v) is 6.93. The lowest BCUT2D eigenvalue weighted by atomic mass is 10.1. The van der Waals surface area contributed by atoms with Crippen LogP contribution in [0.5, 0.6) is 0 Å². The Kier molecular flexibility index (Phi) is 4.01. The van der Waals surface area contributed by atoms with Crippen LogP contribution in [0, 0.1) is 0 Å². The van der Waals surface area contributed by atoms with Gasteiger partial charge in [0.2, 0.25) is 0 Å². The van der Waals surface area contributed by atoms with E-state index in [2.05, 4.69) is 10.3 Å². The van der Waals surface area contributed by atoms with Crippen LogP contribution in [0.25, 0.3) is 0 Å². The zero-order valence-corrected chi connectivity index (χ0v) is 10.6. The van der Waals surface area contributed by atoms with Crippen molar-refractivity contribution in [2.75, 3.05) is 16.8 Å². The normalized spacial score (nSPS) is 17.0. The SMILES string of the molecule is NC(=S)c1cccc(NC2CCSCC2)n1. The predicted molar refractivity (Wildman–Crippen MR) is 74.1 cm³/mol. The van der Waals surface area contributed by atoms with Crippen LogP contribution in [0.2, 0.25) is 0 Å². The molecule has 0 unspecified atom stereocenters. The van der Waals surface area contributed by atoms with Crippen LogP contribution in [-0.4, -0.2) is 27.5 Å². The molecular formula is C11H15N3S2. The van der Waals surface area contributed by atoms with Gasteiger partial charge in [0.25, 0.3) is 0 Å². The molecule has 0 amide bonds. The van der Waals surface area contributed by atoms with Crippen LogP contribution in [0.15, 0.2) is 18.2 Å². The van der Waals surface area contributed by atoms with Gasteiger partial charge >= 0.3 is 0 Å². The first-order chi connectivity index (χ1) is 7.75. The molecule has 86 valence electrons. The van der Waals surface area contributed by atoms with E-state index in [1.54, 1.807) is 0 Å². The lowest BCUT2D eigenvalue weighted by molar-refractivity contribution is 0.664. The molecule has 2 heterocycles. The largest absolute Gasteiger partial charge is 0.388 e. The Hall–Kier alpha value is -0.810. The molecule has 1 aliphatic heterocycles. The first-order valence-electron chi connectivity index (χ1n) is 5.37. The quantitative estimate of drug-likeness (QED) is 0.807. The summed E-state index contributed by atoms with van der Waals surface area (Å²) in [6.07, 6.45) is 2.40. The van der Waals surface area contributed by atoms with E-state index in [0.717, 1.165) is 5.82 Å². The van der Waals surface area contributed by atoms with Crippen molar-refractivity contribution in [2.24, 2.45) is 5.73 Å². The lowest BCUT2D eigenvalue weighted by Gasteiger charge is -2.23. The second-order valence-electron chi connectivity index (χ2n) is 3.80. The minimum atomic E-state index is 0.350. The summed E-state index contributed by atoms with van der Waals surface area (Å²) in [6.45, 7) is 0. The van der Waals surface area contributed by atoms with Crippen molar-refractivity contribution < 1.29 is 0 Å². The molecule has 1 aliphatic rings. The Bertz CT molecular complexity index is 375. The van der Waals surface area contributed by atoms with Crippen molar-refractivity contribution in [3.63, 3.8) is 0 Å². The number of aromatic nitrogens is 1. The number of thiocarbonyl (C=S) groups is 1. The summed E-state index contributed by atoms with van der Waals surface area (Å²) in [7, 11) is 0. The van der Waals surface area contributed by atoms with Crippen molar-refractivity contribution in [2.45, 2.75) is 18.9 Å².